The van der Waals surface area contributed by atoms with Crippen LogP contribution in [0.15, 0.2) is 18.2 Å². The lowest BCUT2D eigenvalue weighted by Crippen LogP contribution is -2.34. The smallest absolute Gasteiger partial charge is 0.227 e. The van der Waals surface area contributed by atoms with E-state index in [1.165, 1.54) is 0 Å². The summed E-state index contributed by atoms with van der Waals surface area (Å²) in [7, 11) is 4.67. The summed E-state index contributed by atoms with van der Waals surface area (Å²) in [4.78, 5) is 25.9. The second-order valence-corrected chi connectivity index (χ2v) is 5.23. The second kappa shape index (κ2) is 7.82. The number of carbonyl (C=O) groups is 2. The lowest BCUT2D eigenvalue weighted by atomic mass is 10.1. The first kappa shape index (κ1) is 17.1. The van der Waals surface area contributed by atoms with Gasteiger partial charge in [-0.25, -0.2) is 0 Å². The van der Waals surface area contributed by atoms with Crippen LogP contribution in [0.3, 0.4) is 0 Å². The van der Waals surface area contributed by atoms with Crippen LogP contribution in [0.4, 0.5) is 5.69 Å². The highest BCUT2D eigenvalue weighted by Crippen LogP contribution is 2.34. The van der Waals surface area contributed by atoms with E-state index in [1.54, 1.807) is 44.4 Å². The Morgan fingerprint density at radius 1 is 1.26 bits per heavy atom. The molecule has 1 aromatic carbocycles. The van der Waals surface area contributed by atoms with Crippen LogP contribution >= 0.6 is 0 Å². The molecule has 23 heavy (non-hydrogen) atoms. The molecule has 0 unspecified atom stereocenters. The highest BCUT2D eigenvalue weighted by Gasteiger charge is 2.35. The van der Waals surface area contributed by atoms with Gasteiger partial charge in [0.25, 0.3) is 0 Å². The molecule has 2 amide bonds. The Hall–Kier alpha value is -2.28. The van der Waals surface area contributed by atoms with Gasteiger partial charge in [0.1, 0.15) is 0 Å². The Morgan fingerprint density at radius 3 is 2.65 bits per heavy atom. The molecule has 0 spiro atoms. The third kappa shape index (κ3) is 3.92. The largest absolute Gasteiger partial charge is 0.493 e. The van der Waals surface area contributed by atoms with E-state index < -0.39 is 0 Å². The number of nitrogens with one attached hydrogen (secondary N) is 1. The van der Waals surface area contributed by atoms with Gasteiger partial charge in [0, 0.05) is 38.4 Å². The standard InChI is InChI=1S/C16H22N2O5/c1-21-7-6-17-16(20)11-8-15(19)18(10-11)12-4-5-13(22-2)14(9-12)23-3/h4-5,9,11H,6-8,10H2,1-3H3,(H,17,20)/t11-/m0/s1. The van der Waals surface area contributed by atoms with Gasteiger partial charge in [-0.1, -0.05) is 0 Å². The summed E-state index contributed by atoms with van der Waals surface area (Å²) in [5.74, 6) is 0.581. The van der Waals surface area contributed by atoms with Crippen LogP contribution in [0.2, 0.25) is 0 Å². The van der Waals surface area contributed by atoms with Crippen molar-refractivity contribution in [3.63, 3.8) is 0 Å². The van der Waals surface area contributed by atoms with Crippen molar-refractivity contribution in [1.82, 2.24) is 5.32 Å². The van der Waals surface area contributed by atoms with Gasteiger partial charge >= 0.3 is 0 Å². The molecule has 0 saturated carbocycles. The predicted octanol–water partition coefficient (Wildman–Crippen LogP) is 0.819. The van der Waals surface area contributed by atoms with Crippen molar-refractivity contribution < 1.29 is 23.8 Å². The Morgan fingerprint density at radius 2 is 2.00 bits per heavy atom. The van der Waals surface area contributed by atoms with Crippen LogP contribution in [0, 0.1) is 5.92 Å². The number of hydrogen-bond acceptors (Lipinski definition) is 5. The molecule has 1 heterocycles. The number of ether oxygens (including phenoxy) is 3. The maximum atomic E-state index is 12.2. The second-order valence-electron chi connectivity index (χ2n) is 5.23. The molecular weight excluding hydrogens is 300 g/mol. The van der Waals surface area contributed by atoms with Crippen molar-refractivity contribution in [1.29, 1.82) is 0 Å². The van der Waals surface area contributed by atoms with Gasteiger partial charge in [0.2, 0.25) is 11.8 Å². The van der Waals surface area contributed by atoms with Gasteiger partial charge < -0.3 is 24.4 Å². The van der Waals surface area contributed by atoms with Crippen molar-refractivity contribution in [3.05, 3.63) is 18.2 Å². The maximum absolute atomic E-state index is 12.2. The summed E-state index contributed by atoms with van der Waals surface area (Å²) < 4.78 is 15.3. The summed E-state index contributed by atoms with van der Waals surface area (Å²) in [5, 5.41) is 2.77. The number of nitrogens with zero attached hydrogens (tertiary/aromatic N) is 1. The normalized spacial score (nSPS) is 17.3. The van der Waals surface area contributed by atoms with E-state index in [4.69, 9.17) is 14.2 Å². The van der Waals surface area contributed by atoms with Crippen LogP contribution in [0.1, 0.15) is 6.42 Å². The van der Waals surface area contributed by atoms with E-state index in [1.807, 2.05) is 0 Å². The van der Waals surface area contributed by atoms with Crippen LogP contribution < -0.4 is 19.7 Å². The number of rotatable bonds is 7. The van der Waals surface area contributed by atoms with E-state index in [0.717, 1.165) is 0 Å². The van der Waals surface area contributed by atoms with Crippen molar-refractivity contribution in [2.24, 2.45) is 5.92 Å². The molecule has 1 aromatic rings. The predicted molar refractivity (Wildman–Crippen MR) is 84.9 cm³/mol. The van der Waals surface area contributed by atoms with Crippen LogP contribution in [0.25, 0.3) is 0 Å². The molecular formula is C16H22N2O5. The maximum Gasteiger partial charge on any atom is 0.227 e. The Bertz CT molecular complexity index is 576. The first-order chi connectivity index (χ1) is 11.1. The van der Waals surface area contributed by atoms with Crippen LogP contribution in [-0.2, 0) is 14.3 Å². The monoisotopic (exact) mass is 322 g/mol. The number of hydrogen-bond donors (Lipinski definition) is 1. The molecule has 0 aromatic heterocycles. The first-order valence-electron chi connectivity index (χ1n) is 7.39. The molecule has 0 aliphatic carbocycles. The van der Waals surface area contributed by atoms with Gasteiger partial charge in [-0.3, -0.25) is 9.59 Å². The average molecular weight is 322 g/mol. The average Bonchev–Trinajstić information content (AvgIpc) is 2.96. The highest BCUT2D eigenvalue weighted by atomic mass is 16.5. The SMILES string of the molecule is COCCNC(=O)[C@H]1CC(=O)N(c2ccc(OC)c(OC)c2)C1. The Balaban J connectivity index is 2.07. The molecule has 2 rings (SSSR count). The van der Waals surface area contributed by atoms with Gasteiger partial charge in [-0.2, -0.15) is 0 Å². The minimum atomic E-state index is -0.354. The number of carbonyl (C=O) groups excluding carboxylic acids is 2. The van der Waals surface area contributed by atoms with Gasteiger partial charge in [-0.15, -0.1) is 0 Å². The first-order valence-corrected chi connectivity index (χ1v) is 7.39. The number of amides is 2. The molecule has 7 heteroatoms. The minimum absolute atomic E-state index is 0.0795. The van der Waals surface area contributed by atoms with Crippen molar-refractivity contribution in [2.45, 2.75) is 6.42 Å². The quantitative estimate of drug-likeness (QED) is 0.752. The Kier molecular flexibility index (Phi) is 5.81. The fraction of sp³-hybridized carbons (Fsp3) is 0.500. The molecule has 1 fully saturated rings. The molecule has 1 atom stereocenters. The molecule has 1 aliphatic heterocycles. The topological polar surface area (TPSA) is 77.1 Å². The van der Waals surface area contributed by atoms with E-state index in [0.29, 0.717) is 36.9 Å². The molecule has 7 nitrogen and oxygen atoms in total. The third-order valence-corrected chi connectivity index (χ3v) is 3.78. The minimum Gasteiger partial charge on any atom is -0.493 e. The van der Waals surface area contributed by atoms with E-state index in [-0.39, 0.29) is 24.2 Å². The van der Waals surface area contributed by atoms with E-state index in [9.17, 15) is 9.59 Å². The van der Waals surface area contributed by atoms with Gasteiger partial charge in [0.05, 0.1) is 26.7 Å². The van der Waals surface area contributed by atoms with Crippen LogP contribution in [0.5, 0.6) is 11.5 Å². The summed E-state index contributed by atoms with van der Waals surface area (Å²) >= 11 is 0. The van der Waals surface area contributed by atoms with Crippen molar-refractivity contribution in [2.75, 3.05) is 45.9 Å². The molecule has 126 valence electrons. The summed E-state index contributed by atoms with van der Waals surface area (Å²) in [6.45, 7) is 1.25. The van der Waals surface area contributed by atoms with Crippen LogP contribution in [-0.4, -0.2) is 52.8 Å². The fourth-order valence-corrected chi connectivity index (χ4v) is 2.55. The van der Waals surface area contributed by atoms with Gasteiger partial charge in [0.15, 0.2) is 11.5 Å². The number of methoxy groups -OCH3 is 3. The third-order valence-electron chi connectivity index (χ3n) is 3.78. The van der Waals surface area contributed by atoms with Crippen molar-refractivity contribution in [3.8, 4) is 11.5 Å². The molecule has 1 saturated heterocycles. The molecule has 0 bridgehead atoms. The van der Waals surface area contributed by atoms with Crippen molar-refractivity contribution >= 4 is 17.5 Å². The number of benzene rings is 1. The lowest BCUT2D eigenvalue weighted by Gasteiger charge is -2.18. The Labute approximate surface area is 135 Å². The number of anilines is 1. The fourth-order valence-electron chi connectivity index (χ4n) is 2.55. The summed E-state index contributed by atoms with van der Waals surface area (Å²) in [6.07, 6.45) is 0.202. The zero-order chi connectivity index (χ0) is 16.8. The van der Waals surface area contributed by atoms with Gasteiger partial charge in [-0.05, 0) is 12.1 Å². The zero-order valence-electron chi connectivity index (χ0n) is 13.6. The van der Waals surface area contributed by atoms with E-state index >= 15 is 0 Å². The zero-order valence-corrected chi connectivity index (χ0v) is 13.6. The van der Waals surface area contributed by atoms with E-state index in [2.05, 4.69) is 5.32 Å². The summed E-state index contributed by atoms with van der Waals surface area (Å²) in [5.41, 5.74) is 0.694. The molecule has 1 N–H and O–H groups in total. The summed E-state index contributed by atoms with van der Waals surface area (Å²) in [6, 6.07) is 5.26. The molecule has 1 aliphatic rings. The molecule has 0 radical (unpaired) electrons. The highest BCUT2D eigenvalue weighted by molar-refractivity contribution is 6.00. The lowest BCUT2D eigenvalue weighted by molar-refractivity contribution is -0.126.